The summed E-state index contributed by atoms with van der Waals surface area (Å²) in [7, 11) is 0. The van der Waals surface area contributed by atoms with Gasteiger partial charge in [-0.1, -0.05) is 29.8 Å². The number of ether oxygens (including phenoxy) is 1. The Balaban J connectivity index is 1.86. The minimum atomic E-state index is -0.105. The highest BCUT2D eigenvalue weighted by Crippen LogP contribution is 2.37. The molecule has 0 bridgehead atoms. The standard InChI is InChI=1S/C19H21NO2/c1-4-22-15-7-5-14(6-8-15)11-17-16-10-12(2)9-13(3)18(16)20-19(17)21/h5-10,17H,4,11H2,1-3H3,(H,20,21)/t17-/m1/s1. The number of rotatable bonds is 4. The van der Waals surface area contributed by atoms with E-state index in [1.165, 1.54) is 5.56 Å². The van der Waals surface area contributed by atoms with E-state index in [4.69, 9.17) is 4.74 Å². The number of benzene rings is 2. The van der Waals surface area contributed by atoms with E-state index in [9.17, 15) is 4.79 Å². The van der Waals surface area contributed by atoms with E-state index in [1.54, 1.807) is 0 Å². The molecule has 3 heteroatoms. The average molecular weight is 295 g/mol. The molecular weight excluding hydrogens is 274 g/mol. The first-order valence-corrected chi connectivity index (χ1v) is 7.72. The molecule has 0 aromatic heterocycles. The van der Waals surface area contributed by atoms with Crippen molar-refractivity contribution >= 4 is 11.6 Å². The molecule has 1 aliphatic rings. The van der Waals surface area contributed by atoms with Crippen LogP contribution in [0.3, 0.4) is 0 Å². The monoisotopic (exact) mass is 295 g/mol. The summed E-state index contributed by atoms with van der Waals surface area (Å²) in [5, 5.41) is 3.03. The van der Waals surface area contributed by atoms with Crippen LogP contribution < -0.4 is 10.1 Å². The molecule has 0 spiro atoms. The van der Waals surface area contributed by atoms with Crippen molar-refractivity contribution in [3.05, 3.63) is 58.7 Å². The van der Waals surface area contributed by atoms with Gasteiger partial charge in [-0.3, -0.25) is 4.79 Å². The zero-order chi connectivity index (χ0) is 15.7. The first kappa shape index (κ1) is 14.6. The van der Waals surface area contributed by atoms with Gasteiger partial charge in [0.05, 0.1) is 12.5 Å². The highest BCUT2D eigenvalue weighted by molar-refractivity contribution is 6.04. The number of anilines is 1. The van der Waals surface area contributed by atoms with E-state index in [0.717, 1.165) is 28.1 Å². The lowest BCUT2D eigenvalue weighted by Gasteiger charge is -2.11. The van der Waals surface area contributed by atoms with Crippen LogP contribution in [0.15, 0.2) is 36.4 Å². The summed E-state index contributed by atoms with van der Waals surface area (Å²) in [6.07, 6.45) is 0.716. The Hall–Kier alpha value is -2.29. The van der Waals surface area contributed by atoms with E-state index >= 15 is 0 Å². The summed E-state index contributed by atoms with van der Waals surface area (Å²) in [5.41, 5.74) is 5.60. The van der Waals surface area contributed by atoms with Crippen molar-refractivity contribution in [1.82, 2.24) is 0 Å². The summed E-state index contributed by atoms with van der Waals surface area (Å²) >= 11 is 0. The van der Waals surface area contributed by atoms with Gasteiger partial charge >= 0.3 is 0 Å². The molecule has 2 aromatic carbocycles. The minimum absolute atomic E-state index is 0.0950. The van der Waals surface area contributed by atoms with Gasteiger partial charge in [-0.25, -0.2) is 0 Å². The van der Waals surface area contributed by atoms with Crippen LogP contribution >= 0.6 is 0 Å². The molecule has 3 nitrogen and oxygen atoms in total. The Morgan fingerprint density at radius 2 is 1.86 bits per heavy atom. The van der Waals surface area contributed by atoms with Gasteiger partial charge in [0.15, 0.2) is 0 Å². The summed E-state index contributed by atoms with van der Waals surface area (Å²) in [4.78, 5) is 12.3. The van der Waals surface area contributed by atoms with Gasteiger partial charge in [0, 0.05) is 5.69 Å². The minimum Gasteiger partial charge on any atom is -0.494 e. The number of nitrogens with one attached hydrogen (secondary N) is 1. The third-order valence-electron chi connectivity index (χ3n) is 4.12. The maximum absolute atomic E-state index is 12.3. The van der Waals surface area contributed by atoms with Gasteiger partial charge in [-0.2, -0.15) is 0 Å². The molecular formula is C19H21NO2. The SMILES string of the molecule is CCOc1ccc(C[C@H]2C(=O)Nc3c(C)cc(C)cc32)cc1. The van der Waals surface area contributed by atoms with Crippen molar-refractivity contribution < 1.29 is 9.53 Å². The summed E-state index contributed by atoms with van der Waals surface area (Å²) in [6, 6.07) is 12.2. The molecule has 0 saturated carbocycles. The fourth-order valence-electron chi connectivity index (χ4n) is 3.12. The van der Waals surface area contributed by atoms with Gasteiger partial charge in [-0.15, -0.1) is 0 Å². The Bertz CT molecular complexity index is 704. The van der Waals surface area contributed by atoms with E-state index in [1.807, 2.05) is 38.1 Å². The van der Waals surface area contributed by atoms with Gasteiger partial charge < -0.3 is 10.1 Å². The number of hydrogen-bond acceptors (Lipinski definition) is 2. The molecule has 0 radical (unpaired) electrons. The van der Waals surface area contributed by atoms with Crippen LogP contribution in [-0.2, 0) is 11.2 Å². The molecule has 1 atom stereocenters. The second kappa shape index (κ2) is 5.84. The summed E-state index contributed by atoms with van der Waals surface area (Å²) in [5.74, 6) is 0.860. The first-order valence-electron chi connectivity index (χ1n) is 7.72. The lowest BCUT2D eigenvalue weighted by Crippen LogP contribution is -2.14. The molecule has 1 N–H and O–H groups in total. The average Bonchev–Trinajstić information content (AvgIpc) is 2.79. The van der Waals surface area contributed by atoms with E-state index in [0.29, 0.717) is 13.0 Å². The number of aryl methyl sites for hydroxylation is 2. The van der Waals surface area contributed by atoms with Crippen molar-refractivity contribution in [3.8, 4) is 5.75 Å². The fraction of sp³-hybridized carbons (Fsp3) is 0.316. The molecule has 2 aromatic rings. The molecule has 114 valence electrons. The van der Waals surface area contributed by atoms with Crippen molar-refractivity contribution in [2.24, 2.45) is 0 Å². The van der Waals surface area contributed by atoms with Crippen molar-refractivity contribution in [2.75, 3.05) is 11.9 Å². The highest BCUT2D eigenvalue weighted by atomic mass is 16.5. The number of fused-ring (bicyclic) bond motifs is 1. The van der Waals surface area contributed by atoms with Gasteiger partial charge in [0.1, 0.15) is 5.75 Å². The molecule has 1 aliphatic heterocycles. The smallest absolute Gasteiger partial charge is 0.232 e. The molecule has 1 amide bonds. The van der Waals surface area contributed by atoms with Gasteiger partial charge in [-0.05, 0) is 56.0 Å². The van der Waals surface area contributed by atoms with Crippen LogP contribution in [0.1, 0.15) is 35.1 Å². The lowest BCUT2D eigenvalue weighted by atomic mass is 9.91. The number of carbonyl (C=O) groups is 1. The third-order valence-corrected chi connectivity index (χ3v) is 4.12. The van der Waals surface area contributed by atoms with E-state index in [-0.39, 0.29) is 11.8 Å². The summed E-state index contributed by atoms with van der Waals surface area (Å²) in [6.45, 7) is 6.75. The van der Waals surface area contributed by atoms with E-state index in [2.05, 4.69) is 24.4 Å². The maximum Gasteiger partial charge on any atom is 0.232 e. The highest BCUT2D eigenvalue weighted by Gasteiger charge is 2.31. The summed E-state index contributed by atoms with van der Waals surface area (Å²) < 4.78 is 5.46. The largest absolute Gasteiger partial charge is 0.494 e. The fourth-order valence-corrected chi connectivity index (χ4v) is 3.12. The molecule has 0 fully saturated rings. The van der Waals surface area contributed by atoms with E-state index < -0.39 is 0 Å². The van der Waals surface area contributed by atoms with Crippen LogP contribution in [0.5, 0.6) is 5.75 Å². The van der Waals surface area contributed by atoms with Crippen LogP contribution in [0.25, 0.3) is 0 Å². The normalized spacial score (nSPS) is 16.3. The van der Waals surface area contributed by atoms with Crippen molar-refractivity contribution in [2.45, 2.75) is 33.1 Å². The van der Waals surface area contributed by atoms with Crippen molar-refractivity contribution in [3.63, 3.8) is 0 Å². The third kappa shape index (κ3) is 2.71. The van der Waals surface area contributed by atoms with Crippen LogP contribution in [0, 0.1) is 13.8 Å². The van der Waals surface area contributed by atoms with Crippen molar-refractivity contribution in [1.29, 1.82) is 0 Å². The first-order chi connectivity index (χ1) is 10.6. The van der Waals surface area contributed by atoms with Gasteiger partial charge in [0.2, 0.25) is 5.91 Å². The second-order valence-electron chi connectivity index (χ2n) is 5.87. The van der Waals surface area contributed by atoms with Crippen LogP contribution in [0.4, 0.5) is 5.69 Å². The number of hydrogen-bond donors (Lipinski definition) is 1. The molecule has 22 heavy (non-hydrogen) atoms. The Morgan fingerprint density at radius 1 is 1.14 bits per heavy atom. The van der Waals surface area contributed by atoms with Crippen LogP contribution in [0.2, 0.25) is 0 Å². The predicted octanol–water partition coefficient (Wildman–Crippen LogP) is 3.98. The second-order valence-corrected chi connectivity index (χ2v) is 5.87. The lowest BCUT2D eigenvalue weighted by molar-refractivity contribution is -0.117. The maximum atomic E-state index is 12.3. The molecule has 0 aliphatic carbocycles. The molecule has 0 saturated heterocycles. The molecule has 3 rings (SSSR count). The Labute approximate surface area is 131 Å². The number of carbonyl (C=O) groups excluding carboxylic acids is 1. The zero-order valence-electron chi connectivity index (χ0n) is 13.3. The van der Waals surface area contributed by atoms with Gasteiger partial charge in [0.25, 0.3) is 0 Å². The molecule has 1 heterocycles. The Morgan fingerprint density at radius 3 is 2.55 bits per heavy atom. The zero-order valence-corrected chi connectivity index (χ0v) is 13.3. The predicted molar refractivity (Wildman–Crippen MR) is 88.6 cm³/mol. The topological polar surface area (TPSA) is 38.3 Å². The quantitative estimate of drug-likeness (QED) is 0.926. The van der Waals surface area contributed by atoms with Crippen LogP contribution in [-0.4, -0.2) is 12.5 Å². The Kier molecular flexibility index (Phi) is 3.88. The number of amides is 1. The molecule has 0 unspecified atom stereocenters.